The van der Waals surface area contributed by atoms with E-state index in [1.165, 1.54) is 5.56 Å². The van der Waals surface area contributed by atoms with Crippen LogP contribution >= 0.6 is 0 Å². The van der Waals surface area contributed by atoms with E-state index >= 15 is 0 Å². The van der Waals surface area contributed by atoms with Gasteiger partial charge >= 0.3 is 0 Å². The molecule has 0 radical (unpaired) electrons. The molecular weight excluding hydrogens is 162 g/mol. The zero-order valence-electron chi connectivity index (χ0n) is 7.25. The van der Waals surface area contributed by atoms with Crippen molar-refractivity contribution in [3.05, 3.63) is 30.0 Å². The van der Waals surface area contributed by atoms with Crippen molar-refractivity contribution in [1.29, 1.82) is 0 Å². The van der Waals surface area contributed by atoms with Crippen LogP contribution in [0, 0.1) is 0 Å². The lowest BCUT2D eigenvalue weighted by molar-refractivity contribution is 0.741. The lowest BCUT2D eigenvalue weighted by Crippen LogP contribution is -2.18. The Hall–Kier alpha value is -1.35. The van der Waals surface area contributed by atoms with Crippen molar-refractivity contribution in [3.8, 4) is 0 Å². The number of hydrogen-bond donors (Lipinski definition) is 2. The molecule has 0 aliphatic heterocycles. The fraction of sp³-hybridized carbons (Fsp3) is 0.300. The van der Waals surface area contributed by atoms with Gasteiger partial charge in [0.05, 0.1) is 11.7 Å². The summed E-state index contributed by atoms with van der Waals surface area (Å²) < 4.78 is 0. The van der Waals surface area contributed by atoms with E-state index in [9.17, 15) is 0 Å². The number of hydrogen-bond acceptors (Lipinski definition) is 2. The summed E-state index contributed by atoms with van der Waals surface area (Å²) in [7, 11) is 0. The van der Waals surface area contributed by atoms with Gasteiger partial charge in [-0.15, -0.1) is 0 Å². The van der Waals surface area contributed by atoms with Gasteiger partial charge in [-0.1, -0.05) is 6.07 Å². The normalized spacial score (nSPS) is 19.2. The summed E-state index contributed by atoms with van der Waals surface area (Å²) in [6.07, 6.45) is 4.05. The Labute approximate surface area is 75.9 Å². The number of fused-ring (bicyclic) bond motifs is 1. The molecule has 0 amide bonds. The molecule has 1 aliphatic carbocycles. The van der Waals surface area contributed by atoms with E-state index in [0.717, 1.165) is 23.7 Å². The second-order valence-electron chi connectivity index (χ2n) is 3.83. The molecular formula is C10H11N3. The van der Waals surface area contributed by atoms with E-state index in [1.54, 1.807) is 0 Å². The smallest absolute Gasteiger partial charge is 0.0650 e. The van der Waals surface area contributed by atoms with Crippen LogP contribution in [0.25, 0.3) is 10.9 Å². The molecule has 0 bridgehead atoms. The average Bonchev–Trinajstić information content (AvgIpc) is 2.74. The fourth-order valence-electron chi connectivity index (χ4n) is 1.68. The number of H-pyrrole nitrogens is 1. The summed E-state index contributed by atoms with van der Waals surface area (Å²) in [5.41, 5.74) is 8.38. The third-order valence-electron chi connectivity index (χ3n) is 2.80. The number of benzene rings is 1. The average molecular weight is 173 g/mol. The Kier molecular flexibility index (Phi) is 1.15. The van der Waals surface area contributed by atoms with Gasteiger partial charge in [-0.2, -0.15) is 5.10 Å². The van der Waals surface area contributed by atoms with Gasteiger partial charge < -0.3 is 5.73 Å². The fourth-order valence-corrected chi connectivity index (χ4v) is 1.68. The van der Waals surface area contributed by atoms with Crippen molar-refractivity contribution in [2.75, 3.05) is 0 Å². The molecule has 0 saturated heterocycles. The van der Waals surface area contributed by atoms with Crippen LogP contribution in [-0.2, 0) is 5.54 Å². The number of aromatic nitrogens is 2. The molecule has 1 fully saturated rings. The monoisotopic (exact) mass is 173 g/mol. The quantitative estimate of drug-likeness (QED) is 0.686. The minimum Gasteiger partial charge on any atom is -0.321 e. The molecule has 1 aliphatic rings. The van der Waals surface area contributed by atoms with Crippen molar-refractivity contribution < 1.29 is 0 Å². The molecule has 3 rings (SSSR count). The molecule has 1 aromatic heterocycles. The molecule has 1 aromatic carbocycles. The highest BCUT2D eigenvalue weighted by molar-refractivity contribution is 5.78. The SMILES string of the molecule is NC1(c2ccc3[nH]ncc3c2)CC1. The van der Waals surface area contributed by atoms with E-state index in [1.807, 2.05) is 12.3 Å². The largest absolute Gasteiger partial charge is 0.321 e. The zero-order chi connectivity index (χ0) is 8.89. The van der Waals surface area contributed by atoms with Gasteiger partial charge in [0.2, 0.25) is 0 Å². The van der Waals surface area contributed by atoms with Crippen LogP contribution in [0.3, 0.4) is 0 Å². The van der Waals surface area contributed by atoms with Crippen LogP contribution in [0.15, 0.2) is 24.4 Å². The number of rotatable bonds is 1. The van der Waals surface area contributed by atoms with Crippen LogP contribution in [0.5, 0.6) is 0 Å². The molecule has 3 N–H and O–H groups in total. The van der Waals surface area contributed by atoms with E-state index < -0.39 is 0 Å². The van der Waals surface area contributed by atoms with Crippen LogP contribution in [-0.4, -0.2) is 10.2 Å². The second-order valence-corrected chi connectivity index (χ2v) is 3.83. The summed E-state index contributed by atoms with van der Waals surface area (Å²) in [6.45, 7) is 0. The van der Waals surface area contributed by atoms with Crippen molar-refractivity contribution in [3.63, 3.8) is 0 Å². The van der Waals surface area contributed by atoms with Crippen molar-refractivity contribution >= 4 is 10.9 Å². The lowest BCUT2D eigenvalue weighted by atomic mass is 10.0. The number of nitrogens with two attached hydrogens (primary N) is 1. The Morgan fingerprint density at radius 1 is 1.38 bits per heavy atom. The second kappa shape index (κ2) is 2.12. The third kappa shape index (κ3) is 0.971. The number of nitrogens with one attached hydrogen (secondary N) is 1. The first kappa shape index (κ1) is 7.09. The molecule has 1 heterocycles. The maximum absolute atomic E-state index is 6.10. The first-order chi connectivity index (χ1) is 6.28. The number of nitrogens with zero attached hydrogens (tertiary/aromatic N) is 1. The van der Waals surface area contributed by atoms with Crippen molar-refractivity contribution in [2.24, 2.45) is 5.73 Å². The van der Waals surface area contributed by atoms with Gasteiger partial charge in [-0.05, 0) is 30.5 Å². The highest BCUT2D eigenvalue weighted by Crippen LogP contribution is 2.43. The van der Waals surface area contributed by atoms with Gasteiger partial charge in [0.25, 0.3) is 0 Å². The molecule has 66 valence electrons. The first-order valence-corrected chi connectivity index (χ1v) is 4.50. The van der Waals surface area contributed by atoms with E-state index in [2.05, 4.69) is 22.3 Å². The van der Waals surface area contributed by atoms with Gasteiger partial charge in [0.15, 0.2) is 0 Å². The summed E-state index contributed by atoms with van der Waals surface area (Å²) in [4.78, 5) is 0. The Morgan fingerprint density at radius 3 is 3.00 bits per heavy atom. The highest BCUT2D eigenvalue weighted by atomic mass is 15.1. The van der Waals surface area contributed by atoms with Crippen molar-refractivity contribution in [1.82, 2.24) is 10.2 Å². The zero-order valence-corrected chi connectivity index (χ0v) is 7.25. The van der Waals surface area contributed by atoms with Gasteiger partial charge in [-0.3, -0.25) is 5.10 Å². The molecule has 0 spiro atoms. The Morgan fingerprint density at radius 2 is 2.23 bits per heavy atom. The summed E-state index contributed by atoms with van der Waals surface area (Å²) in [5, 5.41) is 8.05. The topological polar surface area (TPSA) is 54.7 Å². The Bertz CT molecular complexity index is 454. The number of aromatic amines is 1. The van der Waals surface area contributed by atoms with Crippen LogP contribution in [0.1, 0.15) is 18.4 Å². The molecule has 3 heteroatoms. The van der Waals surface area contributed by atoms with E-state index in [0.29, 0.717) is 0 Å². The van der Waals surface area contributed by atoms with E-state index in [-0.39, 0.29) is 5.54 Å². The molecule has 3 nitrogen and oxygen atoms in total. The highest BCUT2D eigenvalue weighted by Gasteiger charge is 2.39. The Balaban J connectivity index is 2.20. The summed E-state index contributed by atoms with van der Waals surface area (Å²) in [5.74, 6) is 0. The van der Waals surface area contributed by atoms with E-state index in [4.69, 9.17) is 5.73 Å². The summed E-state index contributed by atoms with van der Waals surface area (Å²) in [6, 6.07) is 6.27. The van der Waals surface area contributed by atoms with Gasteiger partial charge in [0.1, 0.15) is 0 Å². The first-order valence-electron chi connectivity index (χ1n) is 4.50. The van der Waals surface area contributed by atoms with Crippen LogP contribution in [0.2, 0.25) is 0 Å². The molecule has 0 unspecified atom stereocenters. The lowest BCUT2D eigenvalue weighted by Gasteiger charge is -2.07. The minimum atomic E-state index is -0.0363. The van der Waals surface area contributed by atoms with Gasteiger partial charge in [-0.25, -0.2) is 0 Å². The van der Waals surface area contributed by atoms with Crippen molar-refractivity contribution in [2.45, 2.75) is 18.4 Å². The molecule has 0 atom stereocenters. The van der Waals surface area contributed by atoms with Crippen LogP contribution in [0.4, 0.5) is 0 Å². The molecule has 2 aromatic rings. The minimum absolute atomic E-state index is 0.0363. The molecule has 13 heavy (non-hydrogen) atoms. The van der Waals surface area contributed by atoms with Gasteiger partial charge in [0, 0.05) is 10.9 Å². The third-order valence-corrected chi connectivity index (χ3v) is 2.80. The molecule has 1 saturated carbocycles. The summed E-state index contributed by atoms with van der Waals surface area (Å²) >= 11 is 0. The standard InChI is InChI=1S/C10H11N3/c11-10(3-4-10)8-1-2-9-7(5-8)6-12-13-9/h1-2,5-6H,3-4,11H2,(H,12,13). The predicted octanol–water partition coefficient (Wildman–Crippen LogP) is 1.51. The predicted molar refractivity (Wildman–Crippen MR) is 51.2 cm³/mol. The maximum Gasteiger partial charge on any atom is 0.0650 e. The van der Waals surface area contributed by atoms with Crippen LogP contribution < -0.4 is 5.73 Å². The maximum atomic E-state index is 6.10.